The van der Waals surface area contributed by atoms with E-state index in [0.29, 0.717) is 5.41 Å². The largest absolute Gasteiger partial charge is 0.387 e. The smallest absolute Gasteiger partial charge is 0.0943 e. The molecule has 0 fully saturated rings. The van der Waals surface area contributed by atoms with Gasteiger partial charge in [0.25, 0.3) is 0 Å². The maximum absolute atomic E-state index is 5.54. The number of aliphatic imine (C=N–C) groups is 1. The molecule has 1 aliphatic rings. The van der Waals surface area contributed by atoms with Crippen LogP contribution in [0.4, 0.5) is 0 Å². The van der Waals surface area contributed by atoms with Crippen molar-refractivity contribution in [2.24, 2.45) is 16.1 Å². The van der Waals surface area contributed by atoms with E-state index in [4.69, 9.17) is 5.73 Å². The molecule has 2 heteroatoms. The fourth-order valence-electron chi connectivity index (χ4n) is 1.08. The first-order chi connectivity index (χ1) is 4.16. The van der Waals surface area contributed by atoms with Crippen molar-refractivity contribution in [3.05, 3.63) is 0 Å². The molecule has 0 aromatic heterocycles. The Kier molecular flexibility index (Phi) is 1.47. The fourth-order valence-corrected chi connectivity index (χ4v) is 1.08. The molecule has 0 aromatic carbocycles. The lowest BCUT2D eigenvalue weighted by Gasteiger charge is -2.18. The molecule has 2 N–H and O–H groups in total. The van der Waals surface area contributed by atoms with Crippen molar-refractivity contribution in [3.8, 4) is 0 Å². The minimum absolute atomic E-state index is 0.379. The molecule has 1 heterocycles. The molecule has 0 saturated carbocycles. The van der Waals surface area contributed by atoms with Gasteiger partial charge < -0.3 is 5.73 Å². The van der Waals surface area contributed by atoms with E-state index in [1.807, 2.05) is 0 Å². The van der Waals surface area contributed by atoms with Crippen LogP contribution in [0, 0.1) is 5.41 Å². The zero-order chi connectivity index (χ0) is 6.91. The first-order valence-corrected chi connectivity index (χ1v) is 3.45. The van der Waals surface area contributed by atoms with E-state index in [0.717, 1.165) is 18.8 Å². The maximum atomic E-state index is 5.54. The first-order valence-electron chi connectivity index (χ1n) is 3.45. The van der Waals surface area contributed by atoms with Gasteiger partial charge in [0.15, 0.2) is 0 Å². The summed E-state index contributed by atoms with van der Waals surface area (Å²) in [5, 5.41) is 0. The molecule has 1 rings (SSSR count). The summed E-state index contributed by atoms with van der Waals surface area (Å²) in [5.74, 6) is 0.833. The Morgan fingerprint density at radius 3 is 2.67 bits per heavy atom. The highest BCUT2D eigenvalue weighted by atomic mass is 14.9. The molecule has 52 valence electrons. The van der Waals surface area contributed by atoms with Gasteiger partial charge in [0.05, 0.1) is 5.84 Å². The SMILES string of the molecule is CCC1(C)CN=C(N)C1. The van der Waals surface area contributed by atoms with Crippen molar-refractivity contribution in [1.29, 1.82) is 0 Å². The van der Waals surface area contributed by atoms with E-state index in [1.165, 1.54) is 6.42 Å². The van der Waals surface area contributed by atoms with Gasteiger partial charge in [-0.2, -0.15) is 0 Å². The van der Waals surface area contributed by atoms with Gasteiger partial charge >= 0.3 is 0 Å². The molecule has 9 heavy (non-hydrogen) atoms. The highest BCUT2D eigenvalue weighted by Gasteiger charge is 2.27. The van der Waals surface area contributed by atoms with Crippen LogP contribution in [0.25, 0.3) is 0 Å². The number of amidine groups is 1. The van der Waals surface area contributed by atoms with Crippen molar-refractivity contribution in [2.75, 3.05) is 6.54 Å². The predicted octanol–water partition coefficient (Wildman–Crippen LogP) is 1.16. The molecule has 0 aromatic rings. The number of hydrogen-bond donors (Lipinski definition) is 1. The van der Waals surface area contributed by atoms with Crippen molar-refractivity contribution >= 4 is 5.84 Å². The maximum Gasteiger partial charge on any atom is 0.0943 e. The van der Waals surface area contributed by atoms with Crippen LogP contribution < -0.4 is 5.73 Å². The third kappa shape index (κ3) is 1.23. The summed E-state index contributed by atoms with van der Waals surface area (Å²) in [6.07, 6.45) is 2.17. The molecule has 0 spiro atoms. The van der Waals surface area contributed by atoms with Crippen molar-refractivity contribution in [3.63, 3.8) is 0 Å². The Hall–Kier alpha value is -0.530. The Bertz CT molecular complexity index is 140. The van der Waals surface area contributed by atoms with E-state index in [-0.39, 0.29) is 0 Å². The minimum Gasteiger partial charge on any atom is -0.387 e. The molecule has 0 saturated heterocycles. The van der Waals surface area contributed by atoms with Crippen LogP contribution in [0.15, 0.2) is 4.99 Å². The summed E-state index contributed by atoms with van der Waals surface area (Å²) in [6, 6.07) is 0. The predicted molar refractivity (Wildman–Crippen MR) is 39.5 cm³/mol. The molecule has 0 radical (unpaired) electrons. The van der Waals surface area contributed by atoms with Crippen molar-refractivity contribution in [2.45, 2.75) is 26.7 Å². The van der Waals surface area contributed by atoms with E-state index in [2.05, 4.69) is 18.8 Å². The van der Waals surface area contributed by atoms with Gasteiger partial charge in [0, 0.05) is 13.0 Å². The highest BCUT2D eigenvalue weighted by Crippen LogP contribution is 2.29. The molecule has 2 nitrogen and oxygen atoms in total. The summed E-state index contributed by atoms with van der Waals surface area (Å²) in [5.41, 5.74) is 5.91. The molecule has 1 unspecified atom stereocenters. The quantitative estimate of drug-likeness (QED) is 0.562. The summed E-state index contributed by atoms with van der Waals surface area (Å²) < 4.78 is 0. The second kappa shape index (κ2) is 2.01. The van der Waals surface area contributed by atoms with Gasteiger partial charge in [0.2, 0.25) is 0 Å². The topological polar surface area (TPSA) is 38.4 Å². The number of nitrogens with zero attached hydrogens (tertiary/aromatic N) is 1. The highest BCUT2D eigenvalue weighted by molar-refractivity contribution is 5.82. The molecular weight excluding hydrogens is 112 g/mol. The lowest BCUT2D eigenvalue weighted by Crippen LogP contribution is -2.18. The third-order valence-corrected chi connectivity index (χ3v) is 2.13. The van der Waals surface area contributed by atoms with E-state index in [9.17, 15) is 0 Å². The lowest BCUT2D eigenvalue weighted by molar-refractivity contribution is 0.359. The summed E-state index contributed by atoms with van der Waals surface area (Å²) in [6.45, 7) is 5.35. The number of hydrogen-bond acceptors (Lipinski definition) is 2. The average Bonchev–Trinajstić information content (AvgIpc) is 2.13. The van der Waals surface area contributed by atoms with Crippen LogP contribution in [0.2, 0.25) is 0 Å². The van der Waals surface area contributed by atoms with Crippen molar-refractivity contribution < 1.29 is 0 Å². The number of rotatable bonds is 1. The summed E-state index contributed by atoms with van der Waals surface area (Å²) in [7, 11) is 0. The van der Waals surface area contributed by atoms with Crippen LogP contribution in [0.3, 0.4) is 0 Å². The van der Waals surface area contributed by atoms with Crippen LogP contribution in [-0.2, 0) is 0 Å². The van der Waals surface area contributed by atoms with Gasteiger partial charge in [-0.3, -0.25) is 4.99 Å². The van der Waals surface area contributed by atoms with Gasteiger partial charge in [-0.1, -0.05) is 13.8 Å². The lowest BCUT2D eigenvalue weighted by atomic mass is 9.86. The average molecular weight is 126 g/mol. The molecule has 0 bridgehead atoms. The van der Waals surface area contributed by atoms with Crippen LogP contribution in [-0.4, -0.2) is 12.4 Å². The zero-order valence-electron chi connectivity index (χ0n) is 6.15. The summed E-state index contributed by atoms with van der Waals surface area (Å²) in [4.78, 5) is 4.15. The van der Waals surface area contributed by atoms with Crippen molar-refractivity contribution in [1.82, 2.24) is 0 Å². The minimum atomic E-state index is 0.379. The van der Waals surface area contributed by atoms with Gasteiger partial charge in [0.1, 0.15) is 0 Å². The molecule has 1 atom stereocenters. The Morgan fingerprint density at radius 1 is 1.78 bits per heavy atom. The van der Waals surface area contributed by atoms with Gasteiger partial charge in [-0.25, -0.2) is 0 Å². The number of nitrogens with two attached hydrogens (primary N) is 1. The second-order valence-corrected chi connectivity index (χ2v) is 3.15. The van der Waals surface area contributed by atoms with E-state index in [1.54, 1.807) is 0 Å². The van der Waals surface area contributed by atoms with E-state index >= 15 is 0 Å². The first kappa shape index (κ1) is 6.59. The Labute approximate surface area is 56.2 Å². The molecule has 1 aliphatic heterocycles. The van der Waals surface area contributed by atoms with Gasteiger partial charge in [-0.05, 0) is 11.8 Å². The standard InChI is InChI=1S/C7H14N2/c1-3-7(2)4-6(8)9-5-7/h3-5H2,1-2H3,(H2,8,9). The second-order valence-electron chi connectivity index (χ2n) is 3.15. The van der Waals surface area contributed by atoms with Crippen LogP contribution >= 0.6 is 0 Å². The van der Waals surface area contributed by atoms with Crippen LogP contribution in [0.1, 0.15) is 26.7 Å². The molecular formula is C7H14N2. The summed E-state index contributed by atoms with van der Waals surface area (Å²) >= 11 is 0. The molecule has 0 aliphatic carbocycles. The van der Waals surface area contributed by atoms with Crippen LogP contribution in [0.5, 0.6) is 0 Å². The monoisotopic (exact) mass is 126 g/mol. The molecule has 0 amide bonds. The normalized spacial score (nSPS) is 34.7. The Balaban J connectivity index is 2.53. The van der Waals surface area contributed by atoms with E-state index < -0.39 is 0 Å². The third-order valence-electron chi connectivity index (χ3n) is 2.13. The fraction of sp³-hybridized carbons (Fsp3) is 0.857. The Morgan fingerprint density at radius 2 is 2.44 bits per heavy atom. The zero-order valence-corrected chi connectivity index (χ0v) is 6.15. The van der Waals surface area contributed by atoms with Gasteiger partial charge in [-0.15, -0.1) is 0 Å².